The van der Waals surface area contributed by atoms with Crippen molar-refractivity contribution in [1.29, 1.82) is 0 Å². The van der Waals surface area contributed by atoms with E-state index in [4.69, 9.17) is 39.5 Å². The molecular formula is C20H19Cl3N2O3. The number of ether oxygens (including phenoxy) is 1. The third-order valence-corrected chi connectivity index (χ3v) is 5.60. The molecule has 1 aliphatic heterocycles. The van der Waals surface area contributed by atoms with Gasteiger partial charge in [0, 0.05) is 36.8 Å². The van der Waals surface area contributed by atoms with Crippen LogP contribution in [0.5, 0.6) is 5.75 Å². The highest BCUT2D eigenvalue weighted by molar-refractivity contribution is 6.42. The second kappa shape index (κ2) is 9.03. The van der Waals surface area contributed by atoms with Crippen molar-refractivity contribution in [3.63, 3.8) is 0 Å². The van der Waals surface area contributed by atoms with Crippen LogP contribution < -0.4 is 4.74 Å². The zero-order valence-corrected chi connectivity index (χ0v) is 17.5. The average Bonchev–Trinajstić information content (AvgIpc) is 2.95. The minimum absolute atomic E-state index is 0.131. The van der Waals surface area contributed by atoms with Crippen molar-refractivity contribution in [3.05, 3.63) is 62.6 Å². The largest absolute Gasteiger partial charge is 0.496 e. The summed E-state index contributed by atoms with van der Waals surface area (Å²) in [6.07, 6.45) is 0.668. The number of rotatable bonds is 3. The first-order valence-electron chi connectivity index (χ1n) is 8.78. The second-order valence-corrected chi connectivity index (χ2v) is 7.66. The number of halogens is 3. The minimum atomic E-state index is -0.164. The van der Waals surface area contributed by atoms with Crippen LogP contribution in [0.15, 0.2) is 36.4 Å². The molecule has 0 atom stereocenters. The number of amides is 2. The Morgan fingerprint density at radius 2 is 1.54 bits per heavy atom. The molecule has 5 nitrogen and oxygen atoms in total. The van der Waals surface area contributed by atoms with Gasteiger partial charge in [-0.25, -0.2) is 0 Å². The molecule has 0 aromatic heterocycles. The summed E-state index contributed by atoms with van der Waals surface area (Å²) in [7, 11) is 1.51. The molecule has 0 spiro atoms. The molecule has 148 valence electrons. The fourth-order valence-electron chi connectivity index (χ4n) is 3.15. The Bertz CT molecular complexity index is 904. The maximum absolute atomic E-state index is 13.0. The molecule has 0 aliphatic carbocycles. The van der Waals surface area contributed by atoms with Gasteiger partial charge in [-0.2, -0.15) is 0 Å². The maximum Gasteiger partial charge on any atom is 0.257 e. The predicted octanol–water partition coefficient (Wildman–Crippen LogP) is 4.64. The van der Waals surface area contributed by atoms with Gasteiger partial charge in [0.25, 0.3) is 11.8 Å². The third kappa shape index (κ3) is 4.54. The van der Waals surface area contributed by atoms with E-state index in [0.717, 1.165) is 0 Å². The highest BCUT2D eigenvalue weighted by atomic mass is 35.5. The maximum atomic E-state index is 13.0. The van der Waals surface area contributed by atoms with E-state index in [0.29, 0.717) is 64.5 Å². The van der Waals surface area contributed by atoms with Gasteiger partial charge < -0.3 is 14.5 Å². The van der Waals surface area contributed by atoms with Gasteiger partial charge in [-0.3, -0.25) is 9.59 Å². The van der Waals surface area contributed by atoms with Crippen LogP contribution in [0.4, 0.5) is 0 Å². The Morgan fingerprint density at radius 1 is 0.857 bits per heavy atom. The summed E-state index contributed by atoms with van der Waals surface area (Å²) in [5.74, 6) is 0.179. The van der Waals surface area contributed by atoms with E-state index in [-0.39, 0.29) is 11.8 Å². The van der Waals surface area contributed by atoms with Crippen molar-refractivity contribution < 1.29 is 14.3 Å². The molecule has 2 aromatic rings. The lowest BCUT2D eigenvalue weighted by atomic mass is 10.1. The van der Waals surface area contributed by atoms with Crippen molar-refractivity contribution >= 4 is 46.6 Å². The fraction of sp³-hybridized carbons (Fsp3) is 0.300. The van der Waals surface area contributed by atoms with Crippen LogP contribution in [0.25, 0.3) is 0 Å². The van der Waals surface area contributed by atoms with Crippen molar-refractivity contribution in [2.75, 3.05) is 33.3 Å². The van der Waals surface area contributed by atoms with Gasteiger partial charge in [0.2, 0.25) is 0 Å². The van der Waals surface area contributed by atoms with E-state index in [1.807, 2.05) is 0 Å². The van der Waals surface area contributed by atoms with Crippen LogP contribution in [0.1, 0.15) is 27.1 Å². The Kier molecular flexibility index (Phi) is 6.70. The van der Waals surface area contributed by atoms with Crippen LogP contribution in [0.3, 0.4) is 0 Å². The summed E-state index contributed by atoms with van der Waals surface area (Å²) in [6, 6.07) is 9.78. The molecule has 28 heavy (non-hydrogen) atoms. The van der Waals surface area contributed by atoms with E-state index in [2.05, 4.69) is 0 Å². The average molecular weight is 442 g/mol. The van der Waals surface area contributed by atoms with Crippen molar-refractivity contribution in [2.24, 2.45) is 0 Å². The van der Waals surface area contributed by atoms with Crippen molar-refractivity contribution in [1.82, 2.24) is 9.80 Å². The van der Waals surface area contributed by atoms with Crippen LogP contribution in [-0.2, 0) is 0 Å². The van der Waals surface area contributed by atoms with Gasteiger partial charge in [-0.1, -0.05) is 34.8 Å². The van der Waals surface area contributed by atoms with Crippen LogP contribution in [0.2, 0.25) is 15.1 Å². The molecule has 3 rings (SSSR count). The SMILES string of the molecule is COc1ccc(Cl)cc1C(=O)N1CCCN(C(=O)c2ccc(Cl)c(Cl)c2)CC1. The summed E-state index contributed by atoms with van der Waals surface area (Å²) in [5, 5.41) is 1.21. The van der Waals surface area contributed by atoms with Crippen molar-refractivity contribution in [3.8, 4) is 5.75 Å². The Morgan fingerprint density at radius 3 is 2.18 bits per heavy atom. The first kappa shape index (κ1) is 20.8. The normalized spacial score (nSPS) is 14.6. The number of benzene rings is 2. The van der Waals surface area contributed by atoms with Gasteiger partial charge in [-0.15, -0.1) is 0 Å². The highest BCUT2D eigenvalue weighted by Crippen LogP contribution is 2.26. The standard InChI is InChI=1S/C20H19Cl3N2O3/c1-28-18-6-4-14(21)12-15(18)20(27)25-8-2-7-24(9-10-25)19(26)13-3-5-16(22)17(23)11-13/h3-6,11-12H,2,7-10H2,1H3. The molecule has 0 N–H and O–H groups in total. The number of carbonyl (C=O) groups excluding carboxylic acids is 2. The molecule has 0 radical (unpaired) electrons. The van der Waals surface area contributed by atoms with Gasteiger partial charge in [-0.05, 0) is 42.8 Å². The van der Waals surface area contributed by atoms with E-state index in [1.54, 1.807) is 46.2 Å². The molecule has 0 unspecified atom stereocenters. The minimum Gasteiger partial charge on any atom is -0.496 e. The molecular weight excluding hydrogens is 423 g/mol. The lowest BCUT2D eigenvalue weighted by Gasteiger charge is -2.23. The Labute approximate surface area is 178 Å². The van der Waals surface area contributed by atoms with Gasteiger partial charge in [0.05, 0.1) is 22.7 Å². The Hall–Kier alpha value is -1.95. The molecule has 2 aromatic carbocycles. The van der Waals surface area contributed by atoms with Gasteiger partial charge in [0.1, 0.15) is 5.75 Å². The monoisotopic (exact) mass is 440 g/mol. The number of hydrogen-bond acceptors (Lipinski definition) is 3. The number of carbonyl (C=O) groups is 2. The Balaban J connectivity index is 1.72. The third-order valence-electron chi connectivity index (χ3n) is 4.63. The summed E-state index contributed by atoms with van der Waals surface area (Å²) in [6.45, 7) is 1.93. The molecule has 0 bridgehead atoms. The summed E-state index contributed by atoms with van der Waals surface area (Å²) < 4.78 is 5.29. The molecule has 2 amide bonds. The summed E-state index contributed by atoms with van der Waals surface area (Å²) in [5.41, 5.74) is 0.893. The molecule has 1 heterocycles. The zero-order chi connectivity index (χ0) is 20.3. The molecule has 1 saturated heterocycles. The van der Waals surface area contributed by atoms with Crippen LogP contribution >= 0.6 is 34.8 Å². The van der Waals surface area contributed by atoms with Crippen molar-refractivity contribution in [2.45, 2.75) is 6.42 Å². The molecule has 1 fully saturated rings. The quantitative estimate of drug-likeness (QED) is 0.697. The molecule has 0 saturated carbocycles. The van der Waals surface area contributed by atoms with Gasteiger partial charge in [0.15, 0.2) is 0 Å². The molecule has 1 aliphatic rings. The second-order valence-electron chi connectivity index (χ2n) is 6.41. The van der Waals surface area contributed by atoms with Gasteiger partial charge >= 0.3 is 0 Å². The molecule has 8 heteroatoms. The predicted molar refractivity (Wildman–Crippen MR) is 111 cm³/mol. The first-order valence-corrected chi connectivity index (χ1v) is 9.91. The number of hydrogen-bond donors (Lipinski definition) is 0. The number of methoxy groups -OCH3 is 1. The number of nitrogens with zero attached hydrogens (tertiary/aromatic N) is 2. The summed E-state index contributed by atoms with van der Waals surface area (Å²) >= 11 is 18.0. The van der Waals surface area contributed by atoms with E-state index in [1.165, 1.54) is 7.11 Å². The highest BCUT2D eigenvalue weighted by Gasteiger charge is 2.25. The smallest absolute Gasteiger partial charge is 0.257 e. The first-order chi connectivity index (χ1) is 13.4. The van der Waals surface area contributed by atoms with E-state index in [9.17, 15) is 9.59 Å². The fourth-order valence-corrected chi connectivity index (χ4v) is 3.62. The van der Waals surface area contributed by atoms with Crippen LogP contribution in [-0.4, -0.2) is 54.9 Å². The van der Waals surface area contributed by atoms with E-state index >= 15 is 0 Å². The van der Waals surface area contributed by atoms with E-state index < -0.39 is 0 Å². The lowest BCUT2D eigenvalue weighted by molar-refractivity contribution is 0.0717. The van der Waals surface area contributed by atoms with Crippen LogP contribution in [0, 0.1) is 0 Å². The zero-order valence-electron chi connectivity index (χ0n) is 15.3. The lowest BCUT2D eigenvalue weighted by Crippen LogP contribution is -2.37. The summed E-state index contributed by atoms with van der Waals surface area (Å²) in [4.78, 5) is 29.2. The topological polar surface area (TPSA) is 49.9 Å².